The Bertz CT molecular complexity index is 1360. The lowest BCUT2D eigenvalue weighted by Gasteiger charge is -2.32. The minimum absolute atomic E-state index is 0.0182. The number of benzene rings is 2. The predicted molar refractivity (Wildman–Crippen MR) is 130 cm³/mol. The van der Waals surface area contributed by atoms with Crippen molar-refractivity contribution in [2.24, 2.45) is 5.73 Å². The molecule has 2 aliphatic heterocycles. The van der Waals surface area contributed by atoms with E-state index in [9.17, 15) is 18.8 Å². The van der Waals surface area contributed by atoms with Crippen LogP contribution in [0, 0.1) is 19.7 Å². The van der Waals surface area contributed by atoms with E-state index in [1.54, 1.807) is 11.0 Å². The lowest BCUT2D eigenvalue weighted by Crippen LogP contribution is -2.40. The normalized spacial score (nSPS) is 16.0. The zero-order valence-electron chi connectivity index (χ0n) is 19.7. The van der Waals surface area contributed by atoms with Gasteiger partial charge in [-0.1, -0.05) is 6.07 Å². The summed E-state index contributed by atoms with van der Waals surface area (Å²) in [5.41, 5.74) is 9.88. The number of anilines is 2. The van der Waals surface area contributed by atoms with Crippen molar-refractivity contribution >= 4 is 29.1 Å². The van der Waals surface area contributed by atoms with E-state index in [2.05, 4.69) is 5.10 Å². The van der Waals surface area contributed by atoms with Crippen LogP contribution < -0.4 is 15.5 Å². The van der Waals surface area contributed by atoms with Crippen LogP contribution >= 0.6 is 0 Å². The van der Waals surface area contributed by atoms with E-state index in [4.69, 9.17) is 5.73 Å². The molecular formula is C26H26FN5O3. The van der Waals surface area contributed by atoms with Gasteiger partial charge in [0.25, 0.3) is 11.8 Å². The lowest BCUT2D eigenvalue weighted by atomic mass is 9.98. The molecule has 8 nitrogen and oxygen atoms in total. The third kappa shape index (κ3) is 3.86. The lowest BCUT2D eigenvalue weighted by molar-refractivity contribution is -0.119. The topological polar surface area (TPSA) is 102 Å². The molecule has 0 unspecified atom stereocenters. The zero-order chi connectivity index (χ0) is 24.9. The highest BCUT2D eigenvalue weighted by atomic mass is 19.1. The molecule has 1 saturated heterocycles. The summed E-state index contributed by atoms with van der Waals surface area (Å²) in [6.07, 6.45) is 2.78. The molecule has 1 aromatic heterocycles. The van der Waals surface area contributed by atoms with Gasteiger partial charge in [-0.2, -0.15) is 5.10 Å². The molecule has 0 radical (unpaired) electrons. The fourth-order valence-electron chi connectivity index (χ4n) is 5.16. The molecule has 0 saturated carbocycles. The molecule has 0 aliphatic carbocycles. The molecule has 2 aliphatic rings. The Kier molecular flexibility index (Phi) is 5.62. The Morgan fingerprint density at radius 2 is 1.71 bits per heavy atom. The molecule has 0 atom stereocenters. The highest BCUT2D eigenvalue weighted by Gasteiger charge is 2.36. The summed E-state index contributed by atoms with van der Waals surface area (Å²) in [7, 11) is 0. The van der Waals surface area contributed by atoms with Crippen molar-refractivity contribution in [3.63, 3.8) is 0 Å². The average molecular weight is 476 g/mol. The number of rotatable bonds is 4. The summed E-state index contributed by atoms with van der Waals surface area (Å²) >= 11 is 0. The smallest absolute Gasteiger partial charge is 0.277 e. The first-order chi connectivity index (χ1) is 16.8. The van der Waals surface area contributed by atoms with Gasteiger partial charge in [0, 0.05) is 36.4 Å². The fourth-order valence-corrected chi connectivity index (χ4v) is 5.16. The number of piperidine rings is 1. The first-order valence-corrected chi connectivity index (χ1v) is 11.7. The summed E-state index contributed by atoms with van der Waals surface area (Å²) in [4.78, 5) is 41.8. The largest absolute Gasteiger partial charge is 0.364 e. The molecular weight excluding hydrogens is 449 g/mol. The number of amides is 3. The molecule has 3 amide bonds. The van der Waals surface area contributed by atoms with Gasteiger partial charge in [0.15, 0.2) is 5.69 Å². The maximum atomic E-state index is 14.0. The van der Waals surface area contributed by atoms with E-state index in [-0.39, 0.29) is 23.2 Å². The summed E-state index contributed by atoms with van der Waals surface area (Å²) < 4.78 is 15.3. The van der Waals surface area contributed by atoms with Gasteiger partial charge in [0.2, 0.25) is 5.91 Å². The van der Waals surface area contributed by atoms with Crippen molar-refractivity contribution in [2.45, 2.75) is 39.5 Å². The Morgan fingerprint density at radius 3 is 2.37 bits per heavy atom. The van der Waals surface area contributed by atoms with Crippen LogP contribution in [0.2, 0.25) is 0 Å². The predicted octanol–water partition coefficient (Wildman–Crippen LogP) is 3.45. The number of nitrogens with zero attached hydrogens (tertiary/aromatic N) is 4. The highest BCUT2D eigenvalue weighted by Crippen LogP contribution is 2.35. The molecule has 180 valence electrons. The van der Waals surface area contributed by atoms with E-state index < -0.39 is 11.7 Å². The first kappa shape index (κ1) is 22.8. The van der Waals surface area contributed by atoms with E-state index >= 15 is 0 Å². The van der Waals surface area contributed by atoms with Gasteiger partial charge >= 0.3 is 0 Å². The van der Waals surface area contributed by atoms with Gasteiger partial charge < -0.3 is 15.5 Å². The summed E-state index contributed by atoms with van der Waals surface area (Å²) in [6, 6.07) is 9.56. The molecule has 3 aromatic rings. The van der Waals surface area contributed by atoms with Crippen molar-refractivity contribution in [1.82, 2.24) is 9.78 Å². The molecule has 3 heterocycles. The Balaban J connectivity index is 1.58. The van der Waals surface area contributed by atoms with Crippen LogP contribution in [0.25, 0.3) is 5.69 Å². The number of hydrogen-bond donors (Lipinski definition) is 1. The van der Waals surface area contributed by atoms with Crippen LogP contribution in [0.5, 0.6) is 0 Å². The summed E-state index contributed by atoms with van der Waals surface area (Å²) in [5.74, 6) is -1.45. The van der Waals surface area contributed by atoms with Crippen LogP contribution in [-0.4, -0.2) is 40.6 Å². The second-order valence-electron chi connectivity index (χ2n) is 9.07. The molecule has 2 N–H and O–H groups in total. The van der Waals surface area contributed by atoms with Crippen molar-refractivity contribution in [3.8, 4) is 5.69 Å². The van der Waals surface area contributed by atoms with Crippen molar-refractivity contribution in [1.29, 1.82) is 0 Å². The standard InChI is InChI=1S/C26H26FN5O3/c1-15-12-19(30-10-4-3-8-21(30)33)13-16(2)23(15)31-11-9-20-22(25(28)34)29-32(24(20)26(31)35)18-7-5-6-17(27)14-18/h5-7,12-14H,3-4,8-11H2,1-2H3,(H2,28,34). The van der Waals surface area contributed by atoms with E-state index in [1.807, 2.05) is 30.9 Å². The number of aryl methyl sites for hydroxylation is 2. The highest BCUT2D eigenvalue weighted by molar-refractivity contribution is 6.10. The van der Waals surface area contributed by atoms with Crippen molar-refractivity contribution < 1.29 is 18.8 Å². The monoisotopic (exact) mass is 475 g/mol. The van der Waals surface area contributed by atoms with Gasteiger partial charge in [-0.25, -0.2) is 9.07 Å². The maximum Gasteiger partial charge on any atom is 0.277 e. The zero-order valence-corrected chi connectivity index (χ0v) is 19.7. The number of halogens is 1. The SMILES string of the molecule is Cc1cc(N2CCCCC2=O)cc(C)c1N1CCc2c(C(N)=O)nn(-c3cccc(F)c3)c2C1=O. The molecule has 2 aromatic carbocycles. The molecule has 5 rings (SSSR count). The molecule has 0 spiro atoms. The second-order valence-corrected chi connectivity index (χ2v) is 9.07. The summed E-state index contributed by atoms with van der Waals surface area (Å²) in [5, 5.41) is 4.29. The third-order valence-corrected chi connectivity index (χ3v) is 6.68. The molecule has 9 heteroatoms. The summed E-state index contributed by atoms with van der Waals surface area (Å²) in [6.45, 7) is 4.86. The van der Waals surface area contributed by atoms with Gasteiger partial charge in [-0.05, 0) is 74.6 Å². The number of aromatic nitrogens is 2. The first-order valence-electron chi connectivity index (χ1n) is 11.7. The van der Waals surface area contributed by atoms with Crippen LogP contribution in [0.4, 0.5) is 15.8 Å². The van der Waals surface area contributed by atoms with Crippen LogP contribution in [0.3, 0.4) is 0 Å². The van der Waals surface area contributed by atoms with Crippen LogP contribution in [0.1, 0.15) is 56.9 Å². The number of hydrogen-bond acceptors (Lipinski definition) is 4. The Morgan fingerprint density at radius 1 is 0.971 bits per heavy atom. The second kappa shape index (κ2) is 8.65. The van der Waals surface area contributed by atoms with Crippen LogP contribution in [0.15, 0.2) is 36.4 Å². The van der Waals surface area contributed by atoms with Crippen molar-refractivity contribution in [3.05, 3.63) is 70.3 Å². The molecule has 35 heavy (non-hydrogen) atoms. The van der Waals surface area contributed by atoms with Crippen molar-refractivity contribution in [2.75, 3.05) is 22.9 Å². The fraction of sp³-hybridized carbons (Fsp3) is 0.308. The molecule has 1 fully saturated rings. The average Bonchev–Trinajstić information content (AvgIpc) is 3.21. The van der Waals surface area contributed by atoms with Gasteiger partial charge in [-0.15, -0.1) is 0 Å². The van der Waals surface area contributed by atoms with E-state index in [0.29, 0.717) is 37.2 Å². The third-order valence-electron chi connectivity index (χ3n) is 6.68. The number of carbonyl (C=O) groups is 3. The number of carbonyl (C=O) groups excluding carboxylic acids is 3. The number of nitrogens with two attached hydrogens (primary N) is 1. The minimum Gasteiger partial charge on any atom is -0.364 e. The maximum absolute atomic E-state index is 14.0. The Labute approximate surface area is 202 Å². The number of fused-ring (bicyclic) bond motifs is 1. The van der Waals surface area contributed by atoms with Gasteiger partial charge in [0.05, 0.1) is 5.69 Å². The molecule has 0 bridgehead atoms. The Hall–Kier alpha value is -4.01. The van der Waals surface area contributed by atoms with Gasteiger partial charge in [-0.3, -0.25) is 14.4 Å². The van der Waals surface area contributed by atoms with Crippen LogP contribution in [-0.2, 0) is 11.2 Å². The van der Waals surface area contributed by atoms with Gasteiger partial charge in [0.1, 0.15) is 11.5 Å². The minimum atomic E-state index is -0.736. The van der Waals surface area contributed by atoms with E-state index in [1.165, 1.54) is 22.9 Å². The van der Waals surface area contributed by atoms with E-state index in [0.717, 1.165) is 35.3 Å². The quantitative estimate of drug-likeness (QED) is 0.625. The number of primary amides is 1.